The fourth-order valence-corrected chi connectivity index (χ4v) is 4.87. The van der Waals surface area contributed by atoms with Crippen LogP contribution in [0, 0.1) is 5.92 Å². The first-order valence-electron chi connectivity index (χ1n) is 11.5. The monoisotopic (exact) mass is 500 g/mol. The predicted molar refractivity (Wildman–Crippen MR) is 131 cm³/mol. The maximum absolute atomic E-state index is 13.7. The van der Waals surface area contributed by atoms with Gasteiger partial charge in [-0.3, -0.25) is 9.69 Å². The highest BCUT2D eigenvalue weighted by atomic mass is 35.5. The molecule has 1 aromatic heterocycles. The molecule has 0 bridgehead atoms. The van der Waals surface area contributed by atoms with Crippen molar-refractivity contribution in [1.29, 1.82) is 0 Å². The molecule has 35 heavy (non-hydrogen) atoms. The molecule has 0 spiro atoms. The third kappa shape index (κ3) is 5.13. The van der Waals surface area contributed by atoms with Gasteiger partial charge in [0, 0.05) is 22.8 Å². The number of imidazole rings is 1. The Kier molecular flexibility index (Phi) is 6.42. The van der Waals surface area contributed by atoms with Crippen LogP contribution >= 0.6 is 11.6 Å². The Morgan fingerprint density at radius 1 is 1.11 bits per heavy atom. The maximum atomic E-state index is 13.7. The number of carbonyl (C=O) groups excluding carboxylic acids is 1. The number of para-hydroxylation sites is 1. The van der Waals surface area contributed by atoms with Crippen LogP contribution in [0.3, 0.4) is 0 Å². The molecule has 1 aliphatic heterocycles. The number of fused-ring (bicyclic) bond motifs is 1. The van der Waals surface area contributed by atoms with Crippen LogP contribution in [0.4, 0.5) is 18.9 Å². The van der Waals surface area contributed by atoms with Crippen LogP contribution in [-0.2, 0) is 6.54 Å². The summed E-state index contributed by atoms with van der Waals surface area (Å²) >= 11 is 5.88. The molecule has 1 atom stereocenters. The highest BCUT2D eigenvalue weighted by Gasteiger charge is 2.44. The van der Waals surface area contributed by atoms with Crippen molar-refractivity contribution in [3.63, 3.8) is 0 Å². The fourth-order valence-electron chi connectivity index (χ4n) is 4.65. The summed E-state index contributed by atoms with van der Waals surface area (Å²) in [7, 11) is 0. The lowest BCUT2D eigenvalue weighted by Crippen LogP contribution is -2.26. The molecule has 5 rings (SSSR count). The van der Waals surface area contributed by atoms with Gasteiger partial charge in [-0.1, -0.05) is 35.9 Å². The van der Waals surface area contributed by atoms with E-state index < -0.39 is 12.1 Å². The minimum absolute atomic E-state index is 0.00181. The van der Waals surface area contributed by atoms with Crippen molar-refractivity contribution in [3.05, 3.63) is 76.6 Å². The van der Waals surface area contributed by atoms with E-state index in [4.69, 9.17) is 11.6 Å². The van der Waals surface area contributed by atoms with Crippen molar-refractivity contribution in [2.24, 2.45) is 5.92 Å². The summed E-state index contributed by atoms with van der Waals surface area (Å²) in [5, 5.41) is 3.01. The quantitative estimate of drug-likeness (QED) is 0.420. The first-order chi connectivity index (χ1) is 16.8. The molecular weight excluding hydrogens is 477 g/mol. The Hall–Kier alpha value is -3.10. The van der Waals surface area contributed by atoms with Crippen LogP contribution in [0.1, 0.15) is 41.0 Å². The zero-order chi connectivity index (χ0) is 24.6. The Bertz CT molecular complexity index is 1300. The lowest BCUT2D eigenvalue weighted by Gasteiger charge is -2.24. The molecular formula is C26H24ClF3N4O. The first-order valence-corrected chi connectivity index (χ1v) is 11.9. The van der Waals surface area contributed by atoms with E-state index in [9.17, 15) is 18.0 Å². The van der Waals surface area contributed by atoms with Crippen LogP contribution < -0.4 is 5.32 Å². The van der Waals surface area contributed by atoms with E-state index >= 15 is 0 Å². The van der Waals surface area contributed by atoms with E-state index in [0.717, 1.165) is 19.6 Å². The number of H-pyrrole nitrogens is 1. The zero-order valence-electron chi connectivity index (χ0n) is 18.8. The van der Waals surface area contributed by atoms with Gasteiger partial charge in [-0.25, -0.2) is 4.98 Å². The van der Waals surface area contributed by atoms with Gasteiger partial charge >= 0.3 is 6.18 Å². The second-order valence-corrected chi connectivity index (χ2v) is 9.44. The number of benzene rings is 2. The maximum Gasteiger partial charge on any atom is 0.396 e. The highest BCUT2D eigenvalue weighted by molar-refractivity contribution is 6.30. The summed E-state index contributed by atoms with van der Waals surface area (Å²) in [6.45, 7) is 3.11. The number of nitrogens with one attached hydrogen (secondary N) is 2. The van der Waals surface area contributed by atoms with Gasteiger partial charge in [-0.05, 0) is 68.3 Å². The number of likely N-dealkylation sites (tertiary alicyclic amines) is 1. The lowest BCUT2D eigenvalue weighted by molar-refractivity contribution is -0.157. The van der Waals surface area contributed by atoms with Gasteiger partial charge in [0.2, 0.25) is 0 Å². The highest BCUT2D eigenvalue weighted by Crippen LogP contribution is 2.43. The van der Waals surface area contributed by atoms with E-state index in [1.165, 1.54) is 30.6 Å². The second-order valence-electron chi connectivity index (χ2n) is 8.96. The fraction of sp³-hybridized carbons (Fsp3) is 0.308. The summed E-state index contributed by atoms with van der Waals surface area (Å²) in [5.74, 6) is -2.07. The minimum atomic E-state index is -4.47. The van der Waals surface area contributed by atoms with E-state index in [0.29, 0.717) is 16.7 Å². The minimum Gasteiger partial charge on any atom is -0.338 e. The van der Waals surface area contributed by atoms with Crippen LogP contribution in [-0.4, -0.2) is 40.0 Å². The smallest absolute Gasteiger partial charge is 0.338 e. The number of anilines is 1. The van der Waals surface area contributed by atoms with Crippen LogP contribution in [0.2, 0.25) is 0 Å². The molecule has 2 N–H and O–H groups in total. The number of amides is 1. The second kappa shape index (κ2) is 9.51. The van der Waals surface area contributed by atoms with Crippen LogP contribution in [0.25, 0.3) is 16.6 Å². The topological polar surface area (TPSA) is 61.0 Å². The van der Waals surface area contributed by atoms with E-state index in [1.807, 2.05) is 24.3 Å². The van der Waals surface area contributed by atoms with Gasteiger partial charge in [0.1, 0.15) is 11.3 Å². The molecule has 3 aromatic rings. The van der Waals surface area contributed by atoms with Crippen LogP contribution in [0.15, 0.2) is 59.6 Å². The number of aromatic nitrogens is 2. The number of nitrogens with zero attached hydrogens (tertiary/aromatic N) is 2. The molecule has 1 unspecified atom stereocenters. The van der Waals surface area contributed by atoms with Gasteiger partial charge in [0.05, 0.1) is 17.0 Å². The molecule has 2 aliphatic rings. The normalized spacial score (nSPS) is 19.0. The number of carbonyl (C=O) groups is 1. The largest absolute Gasteiger partial charge is 0.396 e. The third-order valence-corrected chi connectivity index (χ3v) is 6.74. The van der Waals surface area contributed by atoms with Gasteiger partial charge in [0.15, 0.2) is 0 Å². The Balaban J connectivity index is 1.38. The average Bonchev–Trinajstić information content (AvgIpc) is 3.49. The SMILES string of the molecule is O=C(Nc1ccc(CN2CCCC2)cc1)c1cccc2[nH]c(C3=CC=C(Cl)CC3C(F)(F)F)nc12. The van der Waals surface area contributed by atoms with Crippen molar-refractivity contribution < 1.29 is 18.0 Å². The third-order valence-electron chi connectivity index (χ3n) is 6.46. The molecule has 182 valence electrons. The molecule has 9 heteroatoms. The van der Waals surface area contributed by atoms with Gasteiger partial charge in [-0.2, -0.15) is 13.2 Å². The number of alkyl halides is 3. The number of halogens is 4. The van der Waals surface area contributed by atoms with Crippen molar-refractivity contribution in [2.75, 3.05) is 18.4 Å². The van der Waals surface area contributed by atoms with Crippen molar-refractivity contribution in [2.45, 2.75) is 32.0 Å². The number of allylic oxidation sites excluding steroid dienone is 4. The van der Waals surface area contributed by atoms with E-state index in [1.54, 1.807) is 18.2 Å². The Morgan fingerprint density at radius 2 is 1.86 bits per heavy atom. The van der Waals surface area contributed by atoms with Crippen molar-refractivity contribution in [3.8, 4) is 0 Å². The van der Waals surface area contributed by atoms with Gasteiger partial charge in [-0.15, -0.1) is 0 Å². The standard InChI is InChI=1S/C26H24ClF3N4O/c27-17-8-11-19(21(14-17)26(28,29)30)24-32-22-5-3-4-20(23(22)33-24)25(35)31-18-9-6-16(7-10-18)15-34-12-1-2-13-34/h3-11,21H,1-2,12-15H2,(H,31,35)(H,32,33). The zero-order valence-corrected chi connectivity index (χ0v) is 19.6. The number of aromatic amines is 1. The van der Waals surface area contributed by atoms with Crippen molar-refractivity contribution >= 4 is 39.8 Å². The molecule has 1 amide bonds. The summed E-state index contributed by atoms with van der Waals surface area (Å²) in [5.41, 5.74) is 2.89. The lowest BCUT2D eigenvalue weighted by atomic mass is 9.90. The molecule has 1 saturated heterocycles. The van der Waals surface area contributed by atoms with Crippen LogP contribution in [0.5, 0.6) is 0 Å². The Labute approximate surface area is 205 Å². The molecule has 1 aliphatic carbocycles. The predicted octanol–water partition coefficient (Wildman–Crippen LogP) is 6.50. The molecule has 1 fully saturated rings. The molecule has 0 radical (unpaired) electrons. The van der Waals surface area contributed by atoms with E-state index in [-0.39, 0.29) is 34.3 Å². The average molecular weight is 501 g/mol. The Morgan fingerprint density at radius 3 is 2.57 bits per heavy atom. The summed E-state index contributed by atoms with van der Waals surface area (Å²) in [6, 6.07) is 12.7. The molecule has 0 saturated carbocycles. The number of hydrogen-bond acceptors (Lipinski definition) is 3. The number of hydrogen-bond donors (Lipinski definition) is 2. The summed E-state index contributed by atoms with van der Waals surface area (Å²) in [6.07, 6.45) is 0.439. The van der Waals surface area contributed by atoms with Gasteiger partial charge < -0.3 is 10.3 Å². The summed E-state index contributed by atoms with van der Waals surface area (Å²) < 4.78 is 41.0. The molecule has 2 heterocycles. The number of rotatable bonds is 5. The molecule has 2 aromatic carbocycles. The van der Waals surface area contributed by atoms with E-state index in [2.05, 4.69) is 20.2 Å². The van der Waals surface area contributed by atoms with Gasteiger partial charge in [0.25, 0.3) is 5.91 Å². The van der Waals surface area contributed by atoms with Crippen molar-refractivity contribution in [1.82, 2.24) is 14.9 Å². The summed E-state index contributed by atoms with van der Waals surface area (Å²) in [4.78, 5) is 22.8. The molecule has 5 nitrogen and oxygen atoms in total. The first kappa shape index (κ1) is 23.6.